The second-order valence-electron chi connectivity index (χ2n) is 4.28. The van der Waals surface area contributed by atoms with Crippen molar-refractivity contribution in [1.82, 2.24) is 10.6 Å². The van der Waals surface area contributed by atoms with Crippen LogP contribution in [0.15, 0.2) is 4.99 Å². The van der Waals surface area contributed by atoms with Crippen LogP contribution in [0.3, 0.4) is 0 Å². The van der Waals surface area contributed by atoms with Gasteiger partial charge >= 0.3 is 0 Å². The van der Waals surface area contributed by atoms with E-state index < -0.39 is 0 Å². The Morgan fingerprint density at radius 3 is 3.13 bits per heavy atom. The Hall–Kier alpha value is -0.810. The van der Waals surface area contributed by atoms with Gasteiger partial charge < -0.3 is 20.1 Å². The van der Waals surface area contributed by atoms with Gasteiger partial charge in [-0.1, -0.05) is 0 Å². The van der Waals surface area contributed by atoms with Crippen LogP contribution >= 0.6 is 0 Å². The average molecular weight is 213 g/mol. The van der Waals surface area contributed by atoms with E-state index in [9.17, 15) is 0 Å². The molecular formula is C10H19N3O2. The lowest BCUT2D eigenvalue weighted by atomic mass is 10.0. The molecule has 86 valence electrons. The lowest BCUT2D eigenvalue weighted by Gasteiger charge is -2.26. The van der Waals surface area contributed by atoms with E-state index in [2.05, 4.69) is 22.5 Å². The Labute approximate surface area is 90.2 Å². The van der Waals surface area contributed by atoms with Crippen molar-refractivity contribution in [2.75, 3.05) is 33.4 Å². The highest BCUT2D eigenvalue weighted by Gasteiger charge is 2.35. The molecule has 2 aliphatic heterocycles. The van der Waals surface area contributed by atoms with Crippen molar-refractivity contribution in [1.29, 1.82) is 0 Å². The molecule has 0 aromatic rings. The monoisotopic (exact) mass is 213 g/mol. The number of hydrogen-bond acceptors (Lipinski definition) is 5. The maximum atomic E-state index is 5.52. The molecule has 2 rings (SSSR count). The van der Waals surface area contributed by atoms with E-state index in [0.29, 0.717) is 12.6 Å². The highest BCUT2D eigenvalue weighted by Crippen LogP contribution is 2.21. The summed E-state index contributed by atoms with van der Waals surface area (Å²) in [4.78, 5) is 4.34. The lowest BCUT2D eigenvalue weighted by Crippen LogP contribution is -2.48. The Balaban J connectivity index is 1.81. The van der Waals surface area contributed by atoms with Gasteiger partial charge in [0.05, 0.1) is 13.2 Å². The molecule has 1 fully saturated rings. The predicted molar refractivity (Wildman–Crippen MR) is 58.1 cm³/mol. The van der Waals surface area contributed by atoms with Gasteiger partial charge in [0.2, 0.25) is 0 Å². The normalized spacial score (nSPS) is 35.1. The second-order valence-corrected chi connectivity index (χ2v) is 4.28. The highest BCUT2D eigenvalue weighted by molar-refractivity contribution is 5.81. The molecule has 15 heavy (non-hydrogen) atoms. The quantitative estimate of drug-likeness (QED) is 0.677. The second kappa shape index (κ2) is 4.37. The first-order chi connectivity index (χ1) is 7.24. The van der Waals surface area contributed by atoms with E-state index in [4.69, 9.17) is 9.47 Å². The number of methoxy groups -OCH3 is 1. The average Bonchev–Trinajstić information content (AvgIpc) is 2.85. The van der Waals surface area contributed by atoms with Gasteiger partial charge in [-0.2, -0.15) is 0 Å². The molecule has 2 atom stereocenters. The van der Waals surface area contributed by atoms with E-state index >= 15 is 0 Å². The molecule has 5 nitrogen and oxygen atoms in total. The summed E-state index contributed by atoms with van der Waals surface area (Å²) >= 11 is 0. The summed E-state index contributed by atoms with van der Waals surface area (Å²) in [6.45, 7) is 5.16. The van der Waals surface area contributed by atoms with Gasteiger partial charge in [-0.15, -0.1) is 0 Å². The Morgan fingerprint density at radius 2 is 2.60 bits per heavy atom. The number of hydrogen-bond donors (Lipinski definition) is 2. The van der Waals surface area contributed by atoms with Crippen LogP contribution in [0.4, 0.5) is 0 Å². The Kier molecular flexibility index (Phi) is 3.11. The summed E-state index contributed by atoms with van der Waals surface area (Å²) in [6.07, 6.45) is 0.944. The Morgan fingerprint density at radius 1 is 1.73 bits per heavy atom. The highest BCUT2D eigenvalue weighted by atomic mass is 16.5. The van der Waals surface area contributed by atoms with Gasteiger partial charge in [-0.25, -0.2) is 0 Å². The van der Waals surface area contributed by atoms with Crippen molar-refractivity contribution in [3.8, 4) is 0 Å². The van der Waals surface area contributed by atoms with Crippen LogP contribution in [0.1, 0.15) is 13.3 Å². The topological polar surface area (TPSA) is 54.9 Å². The first kappa shape index (κ1) is 10.7. The number of nitrogens with one attached hydrogen (secondary N) is 2. The van der Waals surface area contributed by atoms with Crippen molar-refractivity contribution < 1.29 is 9.47 Å². The zero-order valence-electron chi connectivity index (χ0n) is 9.38. The number of aliphatic imine (C=N–C) groups is 1. The van der Waals surface area contributed by atoms with Crippen LogP contribution in [-0.4, -0.2) is 51.0 Å². The molecule has 0 radical (unpaired) electrons. The summed E-state index contributed by atoms with van der Waals surface area (Å²) in [5.41, 5.74) is -0.171. The van der Waals surface area contributed by atoms with E-state index in [-0.39, 0.29) is 5.60 Å². The molecule has 0 saturated carbocycles. The molecular weight excluding hydrogens is 194 g/mol. The molecule has 2 heterocycles. The fourth-order valence-corrected chi connectivity index (χ4v) is 1.87. The third-order valence-electron chi connectivity index (χ3n) is 2.98. The molecule has 2 N–H and O–H groups in total. The van der Waals surface area contributed by atoms with Crippen LogP contribution in [-0.2, 0) is 9.47 Å². The van der Waals surface area contributed by atoms with E-state index in [0.717, 1.165) is 32.1 Å². The maximum Gasteiger partial charge on any atom is 0.191 e. The zero-order valence-corrected chi connectivity index (χ0v) is 9.38. The number of ether oxygens (including phenoxy) is 2. The molecule has 1 saturated heterocycles. The fraction of sp³-hybridized carbons (Fsp3) is 0.900. The molecule has 0 aromatic carbocycles. The van der Waals surface area contributed by atoms with Crippen molar-refractivity contribution in [3.63, 3.8) is 0 Å². The third-order valence-corrected chi connectivity index (χ3v) is 2.98. The summed E-state index contributed by atoms with van der Waals surface area (Å²) in [5, 5.41) is 6.54. The van der Waals surface area contributed by atoms with Crippen molar-refractivity contribution >= 4 is 5.96 Å². The van der Waals surface area contributed by atoms with Crippen molar-refractivity contribution in [2.24, 2.45) is 4.99 Å². The van der Waals surface area contributed by atoms with Crippen LogP contribution < -0.4 is 10.6 Å². The molecule has 0 aromatic heterocycles. The number of guanidine groups is 1. The van der Waals surface area contributed by atoms with E-state index in [1.807, 2.05) is 0 Å². The summed E-state index contributed by atoms with van der Waals surface area (Å²) < 4.78 is 10.9. The fourth-order valence-electron chi connectivity index (χ4n) is 1.87. The van der Waals surface area contributed by atoms with Crippen LogP contribution in [0.2, 0.25) is 0 Å². The standard InChI is InChI=1S/C10H19N3O2/c1-8-5-11-9(13-8)12-6-10(14-2)3-4-15-7-10/h8H,3-7H2,1-2H3,(H2,11,12,13). The van der Waals surface area contributed by atoms with Gasteiger partial charge in [-0.05, 0) is 6.92 Å². The maximum absolute atomic E-state index is 5.52. The smallest absolute Gasteiger partial charge is 0.191 e. The van der Waals surface area contributed by atoms with Crippen molar-refractivity contribution in [3.05, 3.63) is 0 Å². The molecule has 0 spiro atoms. The lowest BCUT2D eigenvalue weighted by molar-refractivity contribution is -0.0127. The molecule has 5 heteroatoms. The summed E-state index contributed by atoms with van der Waals surface area (Å²) in [5.74, 6) is 0.880. The largest absolute Gasteiger partial charge is 0.378 e. The van der Waals surface area contributed by atoms with E-state index in [1.54, 1.807) is 7.11 Å². The van der Waals surface area contributed by atoms with E-state index in [1.165, 1.54) is 0 Å². The molecule has 0 aliphatic carbocycles. The molecule has 0 amide bonds. The van der Waals surface area contributed by atoms with Crippen molar-refractivity contribution in [2.45, 2.75) is 25.0 Å². The first-order valence-corrected chi connectivity index (χ1v) is 5.42. The first-order valence-electron chi connectivity index (χ1n) is 5.42. The zero-order chi connectivity index (χ0) is 10.7. The van der Waals surface area contributed by atoms with Gasteiger partial charge in [-0.3, -0.25) is 4.99 Å². The minimum atomic E-state index is -0.171. The van der Waals surface area contributed by atoms with Crippen LogP contribution in [0.25, 0.3) is 0 Å². The minimum Gasteiger partial charge on any atom is -0.378 e. The summed E-state index contributed by atoms with van der Waals surface area (Å²) in [6, 6.07) is 0.436. The van der Waals surface area contributed by atoms with Gasteiger partial charge in [0.15, 0.2) is 5.96 Å². The third kappa shape index (κ3) is 2.41. The predicted octanol–water partition coefficient (Wildman–Crippen LogP) is -0.271. The van der Waals surface area contributed by atoms with Crippen LogP contribution in [0, 0.1) is 0 Å². The molecule has 0 bridgehead atoms. The molecule has 2 aliphatic rings. The molecule has 2 unspecified atom stereocenters. The SMILES string of the molecule is COC1(CNC2=NCC(C)N2)CCOC1. The summed E-state index contributed by atoms with van der Waals surface area (Å²) in [7, 11) is 1.74. The number of nitrogens with zero attached hydrogens (tertiary/aromatic N) is 1. The van der Waals surface area contributed by atoms with Crippen LogP contribution in [0.5, 0.6) is 0 Å². The van der Waals surface area contributed by atoms with Gasteiger partial charge in [0.1, 0.15) is 5.60 Å². The van der Waals surface area contributed by atoms with Gasteiger partial charge in [0, 0.05) is 32.7 Å². The number of rotatable bonds is 3. The minimum absolute atomic E-state index is 0.171. The van der Waals surface area contributed by atoms with Gasteiger partial charge in [0.25, 0.3) is 0 Å². The Bertz CT molecular complexity index is 249.